The first-order chi connectivity index (χ1) is 12.9. The molecule has 0 unspecified atom stereocenters. The Morgan fingerprint density at radius 3 is 2.52 bits per heavy atom. The number of carbonyl (C=O) groups excluding carboxylic acids is 2. The number of rotatable bonds is 5. The van der Waals surface area contributed by atoms with Crippen LogP contribution in [0.1, 0.15) is 10.4 Å². The molecular formula is C20H18ClN3O3. The fraction of sp³-hybridized carbons (Fsp3) is 0.150. The van der Waals surface area contributed by atoms with E-state index in [2.05, 4.69) is 10.3 Å². The van der Waals surface area contributed by atoms with Gasteiger partial charge in [0.15, 0.2) is 6.61 Å². The first kappa shape index (κ1) is 18.7. The van der Waals surface area contributed by atoms with Crippen LogP contribution in [0.15, 0.2) is 54.6 Å². The number of benzene rings is 2. The topological polar surface area (TPSA) is 71.5 Å². The molecule has 0 radical (unpaired) electrons. The van der Waals surface area contributed by atoms with Crippen LogP contribution >= 0.6 is 11.6 Å². The number of amides is 1. The smallest absolute Gasteiger partial charge is 0.339 e. The van der Waals surface area contributed by atoms with Gasteiger partial charge in [0.25, 0.3) is 5.91 Å². The number of esters is 1. The summed E-state index contributed by atoms with van der Waals surface area (Å²) in [6.07, 6.45) is 0. The number of para-hydroxylation sites is 1. The van der Waals surface area contributed by atoms with Crippen LogP contribution in [0.25, 0.3) is 10.9 Å². The van der Waals surface area contributed by atoms with Crippen LogP contribution in [0.3, 0.4) is 0 Å². The normalized spacial score (nSPS) is 10.5. The van der Waals surface area contributed by atoms with Crippen LogP contribution in [0.5, 0.6) is 0 Å². The van der Waals surface area contributed by atoms with Gasteiger partial charge < -0.3 is 15.0 Å². The van der Waals surface area contributed by atoms with Gasteiger partial charge in [-0.25, -0.2) is 9.78 Å². The molecule has 2 aromatic carbocycles. The number of nitrogens with one attached hydrogen (secondary N) is 1. The Morgan fingerprint density at radius 2 is 1.81 bits per heavy atom. The lowest BCUT2D eigenvalue weighted by Gasteiger charge is -2.13. The van der Waals surface area contributed by atoms with E-state index in [1.165, 1.54) is 6.07 Å². The highest BCUT2D eigenvalue weighted by Gasteiger charge is 2.15. The standard InChI is InChI=1S/C20H18ClN3O3/c1-24(2)14-9-7-13(8-10-14)22-19(25)12-27-20(26)16-11-18(21)23-17-6-4-3-5-15(16)17/h3-11H,12H2,1-2H3,(H,22,25). The zero-order chi connectivity index (χ0) is 19.4. The number of halogens is 1. The molecule has 1 N–H and O–H groups in total. The molecule has 0 saturated heterocycles. The maximum atomic E-state index is 12.4. The molecule has 0 atom stereocenters. The van der Waals surface area contributed by atoms with Gasteiger partial charge in [0.1, 0.15) is 5.15 Å². The molecule has 6 nitrogen and oxygen atoms in total. The zero-order valence-corrected chi connectivity index (χ0v) is 15.7. The highest BCUT2D eigenvalue weighted by Crippen LogP contribution is 2.21. The van der Waals surface area contributed by atoms with Crippen molar-refractivity contribution in [2.75, 3.05) is 30.9 Å². The number of pyridine rings is 1. The summed E-state index contributed by atoms with van der Waals surface area (Å²) in [5.74, 6) is -1.06. The summed E-state index contributed by atoms with van der Waals surface area (Å²) in [4.78, 5) is 30.6. The highest BCUT2D eigenvalue weighted by molar-refractivity contribution is 6.30. The van der Waals surface area contributed by atoms with Gasteiger partial charge in [0.05, 0.1) is 11.1 Å². The number of hydrogen-bond donors (Lipinski definition) is 1. The first-order valence-electron chi connectivity index (χ1n) is 8.23. The molecular weight excluding hydrogens is 366 g/mol. The van der Waals surface area contributed by atoms with Crippen molar-refractivity contribution in [1.82, 2.24) is 4.98 Å². The molecule has 0 aliphatic carbocycles. The lowest BCUT2D eigenvalue weighted by Crippen LogP contribution is -2.21. The minimum absolute atomic E-state index is 0.186. The maximum Gasteiger partial charge on any atom is 0.339 e. The average molecular weight is 384 g/mol. The van der Waals surface area contributed by atoms with E-state index < -0.39 is 18.5 Å². The molecule has 1 heterocycles. The molecule has 7 heteroatoms. The van der Waals surface area contributed by atoms with Gasteiger partial charge in [0.2, 0.25) is 0 Å². The van der Waals surface area contributed by atoms with E-state index in [0.717, 1.165) is 5.69 Å². The maximum absolute atomic E-state index is 12.4. The summed E-state index contributed by atoms with van der Waals surface area (Å²) in [6.45, 7) is -0.400. The van der Waals surface area contributed by atoms with Crippen LogP contribution in [0, 0.1) is 0 Å². The molecule has 1 aromatic heterocycles. The minimum Gasteiger partial charge on any atom is -0.452 e. The minimum atomic E-state index is -0.631. The lowest BCUT2D eigenvalue weighted by molar-refractivity contribution is -0.119. The molecule has 0 bridgehead atoms. The van der Waals surface area contributed by atoms with Crippen molar-refractivity contribution in [1.29, 1.82) is 0 Å². The van der Waals surface area contributed by atoms with E-state index in [1.54, 1.807) is 36.4 Å². The number of aromatic nitrogens is 1. The van der Waals surface area contributed by atoms with Crippen molar-refractivity contribution in [2.45, 2.75) is 0 Å². The van der Waals surface area contributed by atoms with Crippen molar-refractivity contribution in [3.05, 3.63) is 65.3 Å². The van der Waals surface area contributed by atoms with Gasteiger partial charge >= 0.3 is 5.97 Å². The Morgan fingerprint density at radius 1 is 1.11 bits per heavy atom. The third kappa shape index (κ3) is 4.54. The number of fused-ring (bicyclic) bond motifs is 1. The van der Waals surface area contributed by atoms with Gasteiger partial charge in [-0.2, -0.15) is 0 Å². The van der Waals surface area contributed by atoms with Crippen LogP contribution in [-0.4, -0.2) is 37.6 Å². The molecule has 138 valence electrons. The zero-order valence-electron chi connectivity index (χ0n) is 14.9. The van der Waals surface area contributed by atoms with Crippen LogP contribution in [-0.2, 0) is 9.53 Å². The third-order valence-corrected chi connectivity index (χ3v) is 4.10. The largest absolute Gasteiger partial charge is 0.452 e. The molecule has 3 rings (SSSR count). The Bertz CT molecular complexity index is 987. The molecule has 1 amide bonds. The van der Waals surface area contributed by atoms with Crippen molar-refractivity contribution < 1.29 is 14.3 Å². The van der Waals surface area contributed by atoms with Gasteiger partial charge in [-0.3, -0.25) is 4.79 Å². The van der Waals surface area contributed by atoms with Gasteiger partial charge in [-0.05, 0) is 36.4 Å². The summed E-state index contributed by atoms with van der Waals surface area (Å²) >= 11 is 5.97. The van der Waals surface area contributed by atoms with E-state index in [-0.39, 0.29) is 10.7 Å². The fourth-order valence-corrected chi connectivity index (χ4v) is 2.76. The molecule has 27 heavy (non-hydrogen) atoms. The van der Waals surface area contributed by atoms with Gasteiger partial charge in [-0.1, -0.05) is 29.8 Å². The Labute approximate surface area is 161 Å². The summed E-state index contributed by atoms with van der Waals surface area (Å²) in [7, 11) is 3.87. The predicted molar refractivity (Wildman–Crippen MR) is 106 cm³/mol. The molecule has 3 aromatic rings. The Hall–Kier alpha value is -3.12. The lowest BCUT2D eigenvalue weighted by atomic mass is 10.1. The second-order valence-electron chi connectivity index (χ2n) is 6.08. The summed E-state index contributed by atoms with van der Waals surface area (Å²) in [6, 6.07) is 15.9. The van der Waals surface area contributed by atoms with E-state index >= 15 is 0 Å². The summed E-state index contributed by atoms with van der Waals surface area (Å²) in [5.41, 5.74) is 2.50. The Kier molecular flexibility index (Phi) is 5.57. The van der Waals surface area contributed by atoms with Crippen LogP contribution in [0.4, 0.5) is 11.4 Å². The Balaban J connectivity index is 1.64. The third-order valence-electron chi connectivity index (χ3n) is 3.91. The second-order valence-corrected chi connectivity index (χ2v) is 6.46. The van der Waals surface area contributed by atoms with Crippen molar-refractivity contribution >= 4 is 45.8 Å². The predicted octanol–water partition coefficient (Wildman–Crippen LogP) is 3.75. The highest BCUT2D eigenvalue weighted by atomic mass is 35.5. The van der Waals surface area contributed by atoms with E-state index in [1.807, 2.05) is 31.1 Å². The van der Waals surface area contributed by atoms with Crippen molar-refractivity contribution in [3.63, 3.8) is 0 Å². The number of carbonyl (C=O) groups is 2. The summed E-state index contributed by atoms with van der Waals surface area (Å²) < 4.78 is 5.14. The quantitative estimate of drug-likeness (QED) is 0.536. The molecule has 0 spiro atoms. The van der Waals surface area contributed by atoms with E-state index in [4.69, 9.17) is 16.3 Å². The number of hydrogen-bond acceptors (Lipinski definition) is 5. The fourth-order valence-electron chi connectivity index (χ4n) is 2.56. The van der Waals surface area contributed by atoms with Crippen molar-refractivity contribution in [2.24, 2.45) is 0 Å². The number of anilines is 2. The van der Waals surface area contributed by atoms with E-state index in [9.17, 15) is 9.59 Å². The van der Waals surface area contributed by atoms with Crippen molar-refractivity contribution in [3.8, 4) is 0 Å². The molecule has 0 aliphatic heterocycles. The van der Waals surface area contributed by atoms with Crippen LogP contribution < -0.4 is 10.2 Å². The molecule has 0 saturated carbocycles. The van der Waals surface area contributed by atoms with E-state index in [0.29, 0.717) is 16.6 Å². The van der Waals surface area contributed by atoms with Crippen LogP contribution in [0.2, 0.25) is 5.15 Å². The average Bonchev–Trinajstić information content (AvgIpc) is 2.65. The van der Waals surface area contributed by atoms with Gasteiger partial charge in [0, 0.05) is 30.9 Å². The first-order valence-corrected chi connectivity index (χ1v) is 8.61. The monoisotopic (exact) mass is 383 g/mol. The summed E-state index contributed by atoms with van der Waals surface area (Å²) in [5, 5.41) is 3.49. The number of nitrogens with zero attached hydrogens (tertiary/aromatic N) is 2. The molecule has 0 aliphatic rings. The number of ether oxygens (including phenoxy) is 1. The second kappa shape index (κ2) is 8.05. The molecule has 0 fully saturated rings. The van der Waals surface area contributed by atoms with Gasteiger partial charge in [-0.15, -0.1) is 0 Å². The SMILES string of the molecule is CN(C)c1ccc(NC(=O)COC(=O)c2cc(Cl)nc3ccccc23)cc1.